The van der Waals surface area contributed by atoms with Gasteiger partial charge in [-0.25, -0.2) is 4.98 Å². The Labute approximate surface area is 103 Å². The molecule has 0 radical (unpaired) electrons. The maximum Gasteiger partial charge on any atom is 0.140 e. The van der Waals surface area contributed by atoms with E-state index in [1.54, 1.807) is 0 Å². The molecule has 1 fully saturated rings. The van der Waals surface area contributed by atoms with Gasteiger partial charge >= 0.3 is 0 Å². The number of pyridine rings is 1. The third-order valence-corrected chi connectivity index (χ3v) is 3.83. The lowest BCUT2D eigenvalue weighted by Crippen LogP contribution is -2.26. The quantitative estimate of drug-likeness (QED) is 0.916. The highest BCUT2D eigenvalue weighted by atomic mass is 79.9. The summed E-state index contributed by atoms with van der Waals surface area (Å²) >= 11 is 3.61. The molecule has 1 N–H and O–H groups in total. The summed E-state index contributed by atoms with van der Waals surface area (Å²) in [7, 11) is 0. The minimum Gasteiger partial charge on any atom is -0.318 e. The Hall–Kier alpha value is -0.870. The number of aromatic nitrogens is 2. The molecule has 0 amide bonds. The second kappa shape index (κ2) is 4.18. The molecule has 3 heterocycles. The van der Waals surface area contributed by atoms with Gasteiger partial charge in [-0.1, -0.05) is 0 Å². The molecular weight excluding hydrogens is 266 g/mol. The largest absolute Gasteiger partial charge is 0.318 e. The van der Waals surface area contributed by atoms with Crippen LogP contribution in [0, 0.1) is 0 Å². The van der Waals surface area contributed by atoms with E-state index in [9.17, 15) is 0 Å². The Morgan fingerprint density at radius 3 is 3.31 bits per heavy atom. The summed E-state index contributed by atoms with van der Waals surface area (Å²) in [5.74, 6) is 0. The van der Waals surface area contributed by atoms with Crippen LogP contribution in [0.4, 0.5) is 0 Å². The molecule has 3 nitrogen and oxygen atoms in total. The molecule has 1 aliphatic rings. The zero-order chi connectivity index (χ0) is 11.0. The molecule has 0 saturated carbocycles. The molecule has 84 valence electrons. The van der Waals surface area contributed by atoms with Crippen molar-refractivity contribution in [1.82, 2.24) is 14.9 Å². The molecule has 1 aliphatic heterocycles. The second-order valence-electron chi connectivity index (χ2n) is 4.29. The summed E-state index contributed by atoms with van der Waals surface area (Å²) in [6.07, 6.45) is 4.40. The summed E-state index contributed by atoms with van der Waals surface area (Å²) in [6, 6.07) is 6.81. The fraction of sp³-hybridized carbons (Fsp3) is 0.417. The molecule has 2 aromatic rings. The Bertz CT molecular complexity index is 500. The topological polar surface area (TPSA) is 29.9 Å². The van der Waals surface area contributed by atoms with Crippen LogP contribution in [-0.2, 0) is 6.54 Å². The predicted octanol–water partition coefficient (Wildman–Crippen LogP) is 2.55. The van der Waals surface area contributed by atoms with E-state index in [-0.39, 0.29) is 0 Å². The van der Waals surface area contributed by atoms with Crippen LogP contribution in [0.1, 0.15) is 12.8 Å². The van der Waals surface area contributed by atoms with Gasteiger partial charge < -0.3 is 9.88 Å². The van der Waals surface area contributed by atoms with Crippen molar-refractivity contribution in [3.8, 4) is 0 Å². The average molecular weight is 280 g/mol. The van der Waals surface area contributed by atoms with Crippen molar-refractivity contribution in [3.05, 3.63) is 29.0 Å². The molecule has 4 heteroatoms. The Morgan fingerprint density at radius 2 is 2.50 bits per heavy atom. The number of hydrogen-bond acceptors (Lipinski definition) is 2. The summed E-state index contributed by atoms with van der Waals surface area (Å²) in [5, 5.41) is 4.72. The van der Waals surface area contributed by atoms with Crippen LogP contribution in [0.3, 0.4) is 0 Å². The minimum atomic E-state index is 0.592. The molecule has 1 atom stereocenters. The lowest BCUT2D eigenvalue weighted by Gasteiger charge is -2.13. The van der Waals surface area contributed by atoms with Crippen molar-refractivity contribution in [1.29, 1.82) is 0 Å². The first-order valence-corrected chi connectivity index (χ1v) is 6.47. The number of hydrogen-bond donors (Lipinski definition) is 1. The van der Waals surface area contributed by atoms with E-state index in [1.165, 1.54) is 18.2 Å². The van der Waals surface area contributed by atoms with Gasteiger partial charge in [0.25, 0.3) is 0 Å². The van der Waals surface area contributed by atoms with E-state index in [0.29, 0.717) is 6.04 Å². The number of halogens is 1. The zero-order valence-corrected chi connectivity index (χ0v) is 10.6. The number of nitrogens with one attached hydrogen (secondary N) is 1. The van der Waals surface area contributed by atoms with Gasteiger partial charge in [0.2, 0.25) is 0 Å². The van der Waals surface area contributed by atoms with Gasteiger partial charge in [0.1, 0.15) is 5.65 Å². The molecule has 0 spiro atoms. The van der Waals surface area contributed by atoms with Crippen molar-refractivity contribution >= 4 is 27.0 Å². The van der Waals surface area contributed by atoms with Crippen LogP contribution >= 0.6 is 15.9 Å². The number of nitrogens with zero attached hydrogens (tertiary/aromatic N) is 2. The van der Waals surface area contributed by atoms with Crippen LogP contribution in [0.25, 0.3) is 11.0 Å². The Kier molecular flexibility index (Phi) is 2.69. The maximum atomic E-state index is 4.45. The van der Waals surface area contributed by atoms with Crippen LogP contribution in [-0.4, -0.2) is 22.1 Å². The van der Waals surface area contributed by atoms with E-state index in [2.05, 4.69) is 42.9 Å². The summed E-state index contributed by atoms with van der Waals surface area (Å²) in [4.78, 5) is 4.45. The van der Waals surface area contributed by atoms with Crippen molar-refractivity contribution in [2.45, 2.75) is 25.4 Å². The molecule has 3 rings (SSSR count). The summed E-state index contributed by atoms with van der Waals surface area (Å²) in [6.45, 7) is 2.15. The third kappa shape index (κ3) is 1.76. The van der Waals surface area contributed by atoms with E-state index < -0.39 is 0 Å². The first-order chi connectivity index (χ1) is 7.84. The van der Waals surface area contributed by atoms with Crippen molar-refractivity contribution in [3.63, 3.8) is 0 Å². The van der Waals surface area contributed by atoms with Crippen LogP contribution in [0.5, 0.6) is 0 Å². The number of rotatable bonds is 2. The molecule has 0 aromatic carbocycles. The van der Waals surface area contributed by atoms with E-state index in [1.807, 2.05) is 12.3 Å². The Morgan fingerprint density at radius 1 is 1.56 bits per heavy atom. The molecule has 1 saturated heterocycles. The van der Waals surface area contributed by atoms with Gasteiger partial charge in [-0.15, -0.1) is 0 Å². The fourth-order valence-corrected chi connectivity index (χ4v) is 2.92. The van der Waals surface area contributed by atoms with Crippen molar-refractivity contribution in [2.75, 3.05) is 6.54 Å². The monoisotopic (exact) mass is 279 g/mol. The predicted molar refractivity (Wildman–Crippen MR) is 68.5 cm³/mol. The zero-order valence-electron chi connectivity index (χ0n) is 8.99. The third-order valence-electron chi connectivity index (χ3n) is 3.17. The highest BCUT2D eigenvalue weighted by Crippen LogP contribution is 2.23. The highest BCUT2D eigenvalue weighted by Gasteiger charge is 2.17. The molecular formula is C12H14BrN3. The SMILES string of the molecule is Brc1cc2cccnc2n1CC1CCCN1. The van der Waals surface area contributed by atoms with Gasteiger partial charge in [0.05, 0.1) is 4.60 Å². The second-order valence-corrected chi connectivity index (χ2v) is 5.10. The number of fused-ring (bicyclic) bond motifs is 1. The van der Waals surface area contributed by atoms with Crippen LogP contribution in [0.2, 0.25) is 0 Å². The maximum absolute atomic E-state index is 4.45. The van der Waals surface area contributed by atoms with Crippen LogP contribution < -0.4 is 5.32 Å². The molecule has 16 heavy (non-hydrogen) atoms. The minimum absolute atomic E-state index is 0.592. The molecule has 2 aromatic heterocycles. The normalized spacial score (nSPS) is 20.7. The fourth-order valence-electron chi connectivity index (χ4n) is 2.36. The Balaban J connectivity index is 1.98. The first kappa shape index (κ1) is 10.3. The van der Waals surface area contributed by atoms with E-state index >= 15 is 0 Å². The van der Waals surface area contributed by atoms with E-state index in [4.69, 9.17) is 0 Å². The molecule has 1 unspecified atom stereocenters. The van der Waals surface area contributed by atoms with Gasteiger partial charge in [-0.2, -0.15) is 0 Å². The van der Waals surface area contributed by atoms with Crippen LogP contribution in [0.15, 0.2) is 29.0 Å². The molecule has 0 bridgehead atoms. The van der Waals surface area contributed by atoms with Gasteiger partial charge in [0.15, 0.2) is 0 Å². The lowest BCUT2D eigenvalue weighted by molar-refractivity contribution is 0.512. The highest BCUT2D eigenvalue weighted by molar-refractivity contribution is 9.10. The van der Waals surface area contributed by atoms with Crippen molar-refractivity contribution < 1.29 is 0 Å². The standard InChI is InChI=1S/C12H14BrN3/c13-11-7-9-3-1-6-15-12(9)16(11)8-10-4-2-5-14-10/h1,3,6-7,10,14H,2,4-5,8H2. The first-order valence-electron chi connectivity index (χ1n) is 5.68. The smallest absolute Gasteiger partial charge is 0.140 e. The summed E-state index contributed by atoms with van der Waals surface area (Å²) in [5.41, 5.74) is 1.07. The van der Waals surface area contributed by atoms with Crippen molar-refractivity contribution in [2.24, 2.45) is 0 Å². The lowest BCUT2D eigenvalue weighted by atomic mass is 10.2. The van der Waals surface area contributed by atoms with E-state index in [0.717, 1.165) is 23.3 Å². The van der Waals surface area contributed by atoms with Gasteiger partial charge in [-0.3, -0.25) is 0 Å². The van der Waals surface area contributed by atoms with Gasteiger partial charge in [0, 0.05) is 24.2 Å². The molecule has 0 aliphatic carbocycles. The average Bonchev–Trinajstić information content (AvgIpc) is 2.89. The summed E-state index contributed by atoms with van der Waals surface area (Å²) < 4.78 is 3.37. The van der Waals surface area contributed by atoms with Gasteiger partial charge in [-0.05, 0) is 53.5 Å².